The molecule has 1 aliphatic rings. The summed E-state index contributed by atoms with van der Waals surface area (Å²) in [4.78, 5) is 11.4. The maximum atomic E-state index is 11.4. The van der Waals surface area contributed by atoms with Crippen molar-refractivity contribution in [2.75, 3.05) is 5.75 Å². The zero-order valence-corrected chi connectivity index (χ0v) is 12.2. The van der Waals surface area contributed by atoms with Gasteiger partial charge in [0, 0.05) is 5.71 Å². The van der Waals surface area contributed by atoms with Gasteiger partial charge in [-0.15, -0.1) is 0 Å². The number of unbranched alkanes of at least 4 members (excludes halogenated alkanes) is 4. The van der Waals surface area contributed by atoms with Crippen LogP contribution >= 0.6 is 24.0 Å². The minimum atomic E-state index is 0.00494. The molecule has 5 heteroatoms. The van der Waals surface area contributed by atoms with Crippen molar-refractivity contribution in [2.45, 2.75) is 52.4 Å². The van der Waals surface area contributed by atoms with Crippen LogP contribution in [-0.2, 0) is 4.79 Å². The Morgan fingerprint density at radius 3 is 2.71 bits per heavy atom. The summed E-state index contributed by atoms with van der Waals surface area (Å²) in [7, 11) is 0. The third kappa shape index (κ3) is 5.17. The molecule has 1 saturated heterocycles. The van der Waals surface area contributed by atoms with Crippen molar-refractivity contribution < 1.29 is 4.79 Å². The fourth-order valence-electron chi connectivity index (χ4n) is 1.65. The van der Waals surface area contributed by atoms with E-state index >= 15 is 0 Å². The van der Waals surface area contributed by atoms with Crippen molar-refractivity contribution in [3.63, 3.8) is 0 Å². The lowest BCUT2D eigenvalue weighted by Gasteiger charge is -2.09. The quantitative estimate of drug-likeness (QED) is 0.403. The zero-order valence-electron chi connectivity index (χ0n) is 10.6. The average Bonchev–Trinajstić information content (AvgIpc) is 2.60. The van der Waals surface area contributed by atoms with E-state index < -0.39 is 0 Å². The lowest BCUT2D eigenvalue weighted by molar-refractivity contribution is -0.124. The predicted molar refractivity (Wildman–Crippen MR) is 78.4 cm³/mol. The van der Waals surface area contributed by atoms with Gasteiger partial charge in [-0.2, -0.15) is 10.1 Å². The van der Waals surface area contributed by atoms with Gasteiger partial charge in [0.2, 0.25) is 0 Å². The lowest BCUT2D eigenvalue weighted by atomic mass is 10.1. The molecule has 0 unspecified atom stereocenters. The summed E-state index contributed by atoms with van der Waals surface area (Å²) in [6, 6.07) is 0. The highest BCUT2D eigenvalue weighted by molar-refractivity contribution is 8.23. The molecule has 1 fully saturated rings. The Hall–Kier alpha value is -0.420. The van der Waals surface area contributed by atoms with E-state index in [0.29, 0.717) is 10.1 Å². The van der Waals surface area contributed by atoms with Gasteiger partial charge in [0.25, 0.3) is 5.91 Å². The number of hydrogen-bond acceptors (Lipinski definition) is 4. The van der Waals surface area contributed by atoms with Crippen LogP contribution in [-0.4, -0.2) is 26.7 Å². The second-order valence-electron chi connectivity index (χ2n) is 4.26. The van der Waals surface area contributed by atoms with Crippen molar-refractivity contribution in [1.29, 1.82) is 0 Å². The highest BCUT2D eigenvalue weighted by Crippen LogP contribution is 2.20. The SMILES string of the molecule is CCCCCCC/C(C)=N/N1C(=O)CSC1=S. The molecule has 1 amide bonds. The first-order valence-electron chi connectivity index (χ1n) is 6.19. The molecule has 0 spiro atoms. The van der Waals surface area contributed by atoms with E-state index in [0.717, 1.165) is 18.6 Å². The van der Waals surface area contributed by atoms with Crippen LogP contribution < -0.4 is 0 Å². The monoisotopic (exact) mass is 272 g/mol. The molecule has 96 valence electrons. The van der Waals surface area contributed by atoms with Gasteiger partial charge in [0.05, 0.1) is 5.75 Å². The maximum Gasteiger partial charge on any atom is 0.259 e. The molecule has 17 heavy (non-hydrogen) atoms. The fraction of sp³-hybridized carbons (Fsp3) is 0.750. The van der Waals surface area contributed by atoms with Crippen molar-refractivity contribution in [3.05, 3.63) is 0 Å². The molecule has 0 aromatic rings. The first kappa shape index (κ1) is 14.6. The van der Waals surface area contributed by atoms with E-state index in [1.807, 2.05) is 6.92 Å². The second-order valence-corrected chi connectivity index (χ2v) is 5.87. The van der Waals surface area contributed by atoms with Gasteiger partial charge in [-0.1, -0.05) is 56.6 Å². The zero-order chi connectivity index (χ0) is 12.7. The summed E-state index contributed by atoms with van der Waals surface area (Å²) in [5, 5.41) is 5.67. The highest BCUT2D eigenvalue weighted by atomic mass is 32.2. The molecule has 1 heterocycles. The van der Waals surface area contributed by atoms with Gasteiger partial charge >= 0.3 is 0 Å². The topological polar surface area (TPSA) is 32.7 Å². The van der Waals surface area contributed by atoms with Crippen LogP contribution in [0.1, 0.15) is 52.4 Å². The molecule has 0 bridgehead atoms. The van der Waals surface area contributed by atoms with Crippen LogP contribution in [0.15, 0.2) is 5.10 Å². The summed E-state index contributed by atoms with van der Waals surface area (Å²) in [6.45, 7) is 4.18. The highest BCUT2D eigenvalue weighted by Gasteiger charge is 2.26. The minimum absolute atomic E-state index is 0.00494. The number of hydrogen-bond donors (Lipinski definition) is 0. The lowest BCUT2D eigenvalue weighted by Crippen LogP contribution is -2.23. The van der Waals surface area contributed by atoms with Crippen molar-refractivity contribution in [3.8, 4) is 0 Å². The number of nitrogens with zero attached hydrogens (tertiary/aromatic N) is 2. The smallest absolute Gasteiger partial charge is 0.259 e. The van der Waals surface area contributed by atoms with Crippen LogP contribution in [0.5, 0.6) is 0 Å². The van der Waals surface area contributed by atoms with Gasteiger partial charge in [-0.25, -0.2) is 0 Å². The van der Waals surface area contributed by atoms with Gasteiger partial charge in [-0.05, 0) is 19.8 Å². The van der Waals surface area contributed by atoms with Gasteiger partial charge in [0.15, 0.2) is 4.32 Å². The molecule has 0 N–H and O–H groups in total. The molecule has 0 saturated carbocycles. The standard InChI is InChI=1S/C12H20N2OS2/c1-3-4-5-6-7-8-10(2)13-14-11(15)9-17-12(14)16/h3-9H2,1-2H3/b13-10+. The predicted octanol–water partition coefficient (Wildman–Crippen LogP) is 3.58. The molecule has 3 nitrogen and oxygen atoms in total. The summed E-state index contributed by atoms with van der Waals surface area (Å²) in [5.41, 5.74) is 1.000. The van der Waals surface area contributed by atoms with E-state index in [1.165, 1.54) is 42.5 Å². The van der Waals surface area contributed by atoms with Crippen molar-refractivity contribution in [2.24, 2.45) is 5.10 Å². The average molecular weight is 272 g/mol. The number of thioether (sulfide) groups is 1. The third-order valence-corrected chi connectivity index (χ3v) is 3.98. The maximum absolute atomic E-state index is 11.4. The molecule has 1 aliphatic heterocycles. The van der Waals surface area contributed by atoms with E-state index in [2.05, 4.69) is 12.0 Å². The summed E-state index contributed by atoms with van der Waals surface area (Å²) >= 11 is 6.46. The van der Waals surface area contributed by atoms with Gasteiger partial charge < -0.3 is 0 Å². The number of hydrazone groups is 1. The summed E-state index contributed by atoms with van der Waals surface area (Å²) < 4.78 is 0.584. The third-order valence-electron chi connectivity index (χ3n) is 2.64. The van der Waals surface area contributed by atoms with Crippen LogP contribution in [0.3, 0.4) is 0 Å². The van der Waals surface area contributed by atoms with E-state index in [1.54, 1.807) is 0 Å². The Balaban J connectivity index is 2.29. The van der Waals surface area contributed by atoms with Crippen molar-refractivity contribution >= 4 is 39.9 Å². The molecular formula is C12H20N2OS2. The van der Waals surface area contributed by atoms with Gasteiger partial charge in [-0.3, -0.25) is 4.79 Å². The number of carbonyl (C=O) groups excluding carboxylic acids is 1. The molecule has 1 rings (SSSR count). The van der Waals surface area contributed by atoms with E-state index in [9.17, 15) is 4.79 Å². The molecule has 0 atom stereocenters. The first-order valence-corrected chi connectivity index (χ1v) is 7.58. The minimum Gasteiger partial charge on any atom is -0.272 e. The van der Waals surface area contributed by atoms with Crippen LogP contribution in [0.25, 0.3) is 0 Å². The Morgan fingerprint density at radius 1 is 1.41 bits per heavy atom. The normalized spacial score (nSPS) is 17.1. The Labute approximate surface area is 113 Å². The largest absolute Gasteiger partial charge is 0.272 e. The van der Waals surface area contributed by atoms with Crippen LogP contribution in [0.2, 0.25) is 0 Å². The Kier molecular flexibility index (Phi) is 6.73. The number of rotatable bonds is 7. The molecule has 0 aromatic heterocycles. The number of amides is 1. The summed E-state index contributed by atoms with van der Waals surface area (Å²) in [6.07, 6.45) is 7.22. The number of thiocarbonyl (C=S) groups is 1. The van der Waals surface area contributed by atoms with Crippen LogP contribution in [0.4, 0.5) is 0 Å². The summed E-state index contributed by atoms with van der Waals surface area (Å²) in [5.74, 6) is 0.442. The van der Waals surface area contributed by atoms with Gasteiger partial charge in [0.1, 0.15) is 0 Å². The molecule has 0 aromatic carbocycles. The Morgan fingerprint density at radius 2 is 2.12 bits per heavy atom. The molecule has 0 aliphatic carbocycles. The van der Waals surface area contributed by atoms with E-state index in [-0.39, 0.29) is 5.91 Å². The number of carbonyl (C=O) groups is 1. The molecule has 0 radical (unpaired) electrons. The molecular weight excluding hydrogens is 252 g/mol. The first-order chi connectivity index (χ1) is 8.15. The fourth-order valence-corrected chi connectivity index (χ4v) is 2.60. The van der Waals surface area contributed by atoms with Crippen LogP contribution in [0, 0.1) is 0 Å². The Bertz CT molecular complexity index is 300. The van der Waals surface area contributed by atoms with Crippen molar-refractivity contribution in [1.82, 2.24) is 5.01 Å². The van der Waals surface area contributed by atoms with E-state index in [4.69, 9.17) is 12.2 Å². The second kappa shape index (κ2) is 7.82.